The van der Waals surface area contributed by atoms with Gasteiger partial charge in [-0.1, -0.05) is 35.9 Å². The van der Waals surface area contributed by atoms with Crippen molar-refractivity contribution in [3.63, 3.8) is 0 Å². The molecule has 7 nitrogen and oxygen atoms in total. The van der Waals surface area contributed by atoms with Crippen LogP contribution in [0.1, 0.15) is 5.56 Å². The maximum atomic E-state index is 13.5. The molecule has 0 amide bonds. The predicted octanol–water partition coefficient (Wildman–Crippen LogP) is 4.65. The van der Waals surface area contributed by atoms with E-state index in [9.17, 15) is 12.8 Å². The van der Waals surface area contributed by atoms with Crippen molar-refractivity contribution in [2.45, 2.75) is 11.8 Å². The molecule has 11 heteroatoms. The van der Waals surface area contributed by atoms with Crippen LogP contribution in [0.4, 0.5) is 10.2 Å². The highest BCUT2D eigenvalue weighted by molar-refractivity contribution is 9.10. The minimum absolute atomic E-state index is 0.0754. The molecule has 32 heavy (non-hydrogen) atoms. The monoisotopic (exact) mass is 537 g/mol. The van der Waals surface area contributed by atoms with Gasteiger partial charge >= 0.3 is 0 Å². The minimum atomic E-state index is -3.85. The molecular formula is C21H18BrClFN5O2S. The van der Waals surface area contributed by atoms with Crippen molar-refractivity contribution < 1.29 is 12.8 Å². The van der Waals surface area contributed by atoms with E-state index < -0.39 is 15.8 Å². The first-order chi connectivity index (χ1) is 15.3. The molecule has 0 bridgehead atoms. The molecule has 2 heterocycles. The molecule has 2 aromatic heterocycles. The lowest BCUT2D eigenvalue weighted by atomic mass is 10.1. The van der Waals surface area contributed by atoms with Crippen molar-refractivity contribution in [1.82, 2.24) is 19.3 Å². The van der Waals surface area contributed by atoms with Crippen molar-refractivity contribution in [3.05, 3.63) is 75.6 Å². The van der Waals surface area contributed by atoms with Crippen LogP contribution in [0.3, 0.4) is 0 Å². The summed E-state index contributed by atoms with van der Waals surface area (Å²) < 4.78 is 43.4. The first kappa shape index (κ1) is 22.7. The molecular weight excluding hydrogens is 521 g/mol. The number of sulfonamides is 1. The number of nitrogens with one attached hydrogen (secondary N) is 2. The summed E-state index contributed by atoms with van der Waals surface area (Å²) in [6, 6.07) is 12.8. The van der Waals surface area contributed by atoms with Crippen LogP contribution in [0.5, 0.6) is 0 Å². The Labute approximate surface area is 197 Å². The van der Waals surface area contributed by atoms with Crippen LogP contribution in [0.15, 0.2) is 64.1 Å². The summed E-state index contributed by atoms with van der Waals surface area (Å²) in [5, 5.41) is 8.04. The van der Waals surface area contributed by atoms with Gasteiger partial charge in [0.15, 0.2) is 5.65 Å². The second-order valence-corrected chi connectivity index (χ2v) is 9.97. The molecule has 0 unspecified atom stereocenters. The minimum Gasteiger partial charge on any atom is -0.369 e. The maximum absolute atomic E-state index is 13.5. The molecule has 0 radical (unpaired) electrons. The van der Waals surface area contributed by atoms with Gasteiger partial charge in [0.25, 0.3) is 0 Å². The summed E-state index contributed by atoms with van der Waals surface area (Å²) in [7, 11) is -3.85. The van der Waals surface area contributed by atoms with E-state index >= 15 is 0 Å². The third kappa shape index (κ3) is 4.63. The molecule has 0 saturated heterocycles. The lowest BCUT2D eigenvalue weighted by molar-refractivity contribution is 0.578. The summed E-state index contributed by atoms with van der Waals surface area (Å²) in [6.07, 6.45) is 1.62. The number of hydrogen-bond donors (Lipinski definition) is 2. The van der Waals surface area contributed by atoms with Crippen molar-refractivity contribution in [1.29, 1.82) is 0 Å². The van der Waals surface area contributed by atoms with E-state index in [1.165, 1.54) is 12.1 Å². The number of halogens is 3. The Balaban J connectivity index is 1.55. The van der Waals surface area contributed by atoms with E-state index in [4.69, 9.17) is 11.6 Å². The van der Waals surface area contributed by atoms with Gasteiger partial charge in [0.05, 0.1) is 21.3 Å². The Hall–Kier alpha value is -2.53. The lowest BCUT2D eigenvalue weighted by Crippen LogP contribution is -2.29. The highest BCUT2D eigenvalue weighted by atomic mass is 79.9. The fourth-order valence-corrected chi connectivity index (χ4v) is 5.05. The summed E-state index contributed by atoms with van der Waals surface area (Å²) in [6.45, 7) is 1.95. The standard InChI is InChI=1S/C21H18BrClFN5O2S/c1-13-6-7-14(24)10-19(13)32(30,31)27-9-8-25-20-11-18(15-4-2-3-5-17(15)23)28-21-16(22)12-26-29(20)21/h2-7,10-12,25,27H,8-9H2,1H3. The summed E-state index contributed by atoms with van der Waals surface area (Å²) in [5.74, 6) is 0.00129. The quantitative estimate of drug-likeness (QED) is 0.335. The van der Waals surface area contributed by atoms with E-state index in [0.29, 0.717) is 32.2 Å². The van der Waals surface area contributed by atoms with Crippen LogP contribution in [-0.2, 0) is 10.0 Å². The Bertz CT molecular complexity index is 1410. The molecule has 0 aliphatic heterocycles. The molecule has 0 saturated carbocycles. The average Bonchev–Trinajstić information content (AvgIpc) is 3.14. The van der Waals surface area contributed by atoms with Crippen molar-refractivity contribution in [3.8, 4) is 11.3 Å². The number of rotatable bonds is 7. The summed E-state index contributed by atoms with van der Waals surface area (Å²) in [5.41, 5.74) is 2.45. The summed E-state index contributed by atoms with van der Waals surface area (Å²) >= 11 is 9.78. The largest absolute Gasteiger partial charge is 0.369 e. The third-order valence-electron chi connectivity index (χ3n) is 4.74. The molecule has 2 N–H and O–H groups in total. The van der Waals surface area contributed by atoms with Crippen molar-refractivity contribution in [2.75, 3.05) is 18.4 Å². The highest BCUT2D eigenvalue weighted by Crippen LogP contribution is 2.30. The van der Waals surface area contributed by atoms with Gasteiger partial charge < -0.3 is 5.32 Å². The van der Waals surface area contributed by atoms with Crippen LogP contribution in [0.2, 0.25) is 5.02 Å². The number of aromatic nitrogens is 3. The van der Waals surface area contributed by atoms with Crippen LogP contribution in [0.25, 0.3) is 16.9 Å². The van der Waals surface area contributed by atoms with E-state index in [0.717, 1.165) is 11.6 Å². The Morgan fingerprint density at radius 1 is 1.16 bits per heavy atom. The van der Waals surface area contributed by atoms with Crippen molar-refractivity contribution in [2.24, 2.45) is 0 Å². The second kappa shape index (κ2) is 9.14. The fourth-order valence-electron chi connectivity index (χ4n) is 3.19. The van der Waals surface area contributed by atoms with E-state index in [-0.39, 0.29) is 18.0 Å². The van der Waals surface area contributed by atoms with Crippen LogP contribution in [-0.4, -0.2) is 36.1 Å². The number of anilines is 1. The molecule has 0 aliphatic carbocycles. The summed E-state index contributed by atoms with van der Waals surface area (Å²) in [4.78, 5) is 4.55. The lowest BCUT2D eigenvalue weighted by Gasteiger charge is -2.13. The topological polar surface area (TPSA) is 88.4 Å². The van der Waals surface area contributed by atoms with Crippen LogP contribution in [0, 0.1) is 12.7 Å². The molecule has 2 aromatic carbocycles. The zero-order chi connectivity index (χ0) is 22.9. The van der Waals surface area contributed by atoms with Crippen molar-refractivity contribution >= 4 is 49.0 Å². The number of benzene rings is 2. The van der Waals surface area contributed by atoms with Gasteiger partial charge in [0.1, 0.15) is 11.6 Å². The number of fused-ring (bicyclic) bond motifs is 1. The van der Waals surface area contributed by atoms with E-state index in [2.05, 4.69) is 36.1 Å². The molecule has 0 atom stereocenters. The van der Waals surface area contributed by atoms with Gasteiger partial charge in [-0.25, -0.2) is 22.5 Å². The van der Waals surface area contributed by atoms with Gasteiger partial charge in [-0.2, -0.15) is 9.61 Å². The molecule has 0 spiro atoms. The van der Waals surface area contributed by atoms with E-state index in [1.54, 1.807) is 29.8 Å². The maximum Gasteiger partial charge on any atom is 0.240 e. The smallest absolute Gasteiger partial charge is 0.240 e. The molecule has 166 valence electrons. The van der Waals surface area contributed by atoms with Gasteiger partial charge in [-0.05, 0) is 46.6 Å². The first-order valence-corrected chi connectivity index (χ1v) is 12.2. The van der Waals surface area contributed by atoms with E-state index in [1.807, 2.05) is 18.2 Å². The molecule has 0 aliphatic rings. The first-order valence-electron chi connectivity index (χ1n) is 9.55. The number of hydrogen-bond acceptors (Lipinski definition) is 5. The predicted molar refractivity (Wildman–Crippen MR) is 126 cm³/mol. The number of aryl methyl sites for hydroxylation is 1. The number of nitrogens with zero attached hydrogens (tertiary/aromatic N) is 3. The highest BCUT2D eigenvalue weighted by Gasteiger charge is 2.17. The average molecular weight is 539 g/mol. The zero-order valence-electron chi connectivity index (χ0n) is 16.8. The Morgan fingerprint density at radius 2 is 1.94 bits per heavy atom. The van der Waals surface area contributed by atoms with Gasteiger partial charge in [-0.3, -0.25) is 0 Å². The molecule has 4 aromatic rings. The van der Waals surface area contributed by atoms with Gasteiger partial charge in [0.2, 0.25) is 10.0 Å². The van der Waals surface area contributed by atoms with Crippen LogP contribution < -0.4 is 10.0 Å². The fraction of sp³-hybridized carbons (Fsp3) is 0.143. The van der Waals surface area contributed by atoms with Gasteiger partial charge in [-0.15, -0.1) is 0 Å². The SMILES string of the molecule is Cc1ccc(F)cc1S(=O)(=O)NCCNc1cc(-c2ccccc2Cl)nc2c(Br)cnn12. The molecule has 0 fully saturated rings. The van der Waals surface area contributed by atoms with Gasteiger partial charge in [0, 0.05) is 29.7 Å². The normalized spacial score (nSPS) is 11.8. The van der Waals surface area contributed by atoms with Crippen LogP contribution >= 0.6 is 27.5 Å². The Kier molecular flexibility index (Phi) is 6.47. The zero-order valence-corrected chi connectivity index (χ0v) is 20.0. The third-order valence-corrected chi connectivity index (χ3v) is 7.23. The molecule has 4 rings (SSSR count). The second-order valence-electron chi connectivity index (χ2n) is 6.97. The Morgan fingerprint density at radius 3 is 2.72 bits per heavy atom.